The summed E-state index contributed by atoms with van der Waals surface area (Å²) in [7, 11) is -3.24. The second-order valence-electron chi connectivity index (χ2n) is 8.11. The first-order valence-electron chi connectivity index (χ1n) is 9.85. The fourth-order valence-electron chi connectivity index (χ4n) is 3.22. The number of anilines is 1. The second kappa shape index (κ2) is 8.94. The van der Waals surface area contributed by atoms with Crippen LogP contribution in [-0.4, -0.2) is 36.2 Å². The number of thiazole rings is 1. The molecule has 3 rings (SSSR count). The minimum absolute atomic E-state index is 0.0597. The van der Waals surface area contributed by atoms with Crippen molar-refractivity contribution in [3.63, 3.8) is 0 Å². The number of ether oxygens (including phenoxy) is 1. The number of nitrogens with zero attached hydrogens (tertiary/aromatic N) is 2. The molecular weight excluding hydrogens is 434 g/mol. The summed E-state index contributed by atoms with van der Waals surface area (Å²) >= 11 is 1.35. The molecule has 2 aromatic heterocycles. The Kier molecular flexibility index (Phi) is 6.68. The van der Waals surface area contributed by atoms with Crippen LogP contribution in [0.3, 0.4) is 0 Å². The predicted octanol–water partition coefficient (Wildman–Crippen LogP) is 4.31. The lowest BCUT2D eigenvalue weighted by atomic mass is 10.1. The van der Waals surface area contributed by atoms with E-state index in [2.05, 4.69) is 10.3 Å². The maximum Gasteiger partial charge on any atom is 0.274 e. The molecule has 0 aliphatic rings. The molecule has 7 nitrogen and oxygen atoms in total. The summed E-state index contributed by atoms with van der Waals surface area (Å²) in [4.78, 5) is 17.6. The molecule has 0 atom stereocenters. The summed E-state index contributed by atoms with van der Waals surface area (Å²) in [6.07, 6.45) is 3.05. The zero-order valence-electron chi connectivity index (χ0n) is 18.2. The van der Waals surface area contributed by atoms with Crippen molar-refractivity contribution in [2.45, 2.75) is 50.8 Å². The fraction of sp³-hybridized carbons (Fsp3) is 0.364. The molecule has 0 aliphatic carbocycles. The molecule has 0 bridgehead atoms. The molecule has 1 aromatic carbocycles. The minimum Gasteiger partial charge on any atom is -0.367 e. The lowest BCUT2D eigenvalue weighted by molar-refractivity contribution is -0.0623. The number of hydrogen-bond donors (Lipinski definition) is 1. The summed E-state index contributed by atoms with van der Waals surface area (Å²) in [5, 5.41) is 5.25. The molecule has 9 heteroatoms. The number of sulfone groups is 1. The molecule has 0 unspecified atom stereocenters. The lowest BCUT2D eigenvalue weighted by Crippen LogP contribution is -2.26. The van der Waals surface area contributed by atoms with Crippen LogP contribution in [0.2, 0.25) is 0 Å². The summed E-state index contributed by atoms with van der Waals surface area (Å²) in [6.45, 7) is 8.29. The molecule has 2 heterocycles. The Balaban J connectivity index is 1.72. The van der Waals surface area contributed by atoms with Gasteiger partial charge in [-0.05, 0) is 57.5 Å². The lowest BCUT2D eigenvalue weighted by Gasteiger charge is -2.25. The Hall–Kier alpha value is -2.49. The van der Waals surface area contributed by atoms with Gasteiger partial charge in [-0.15, -0.1) is 11.3 Å². The topological polar surface area (TPSA) is 90.3 Å². The Morgan fingerprint density at radius 1 is 1.23 bits per heavy atom. The highest BCUT2D eigenvalue weighted by Crippen LogP contribution is 2.29. The van der Waals surface area contributed by atoms with Crippen molar-refractivity contribution in [1.29, 1.82) is 0 Å². The van der Waals surface area contributed by atoms with E-state index < -0.39 is 15.4 Å². The zero-order valence-corrected chi connectivity index (χ0v) is 19.9. The van der Waals surface area contributed by atoms with Gasteiger partial charge in [0.25, 0.3) is 5.91 Å². The minimum atomic E-state index is -3.24. The highest BCUT2D eigenvalue weighted by atomic mass is 32.2. The molecule has 0 radical (unpaired) electrons. The van der Waals surface area contributed by atoms with Gasteiger partial charge in [0.15, 0.2) is 15.0 Å². The van der Waals surface area contributed by atoms with Gasteiger partial charge < -0.3 is 9.30 Å². The molecule has 0 saturated heterocycles. The number of amides is 1. The van der Waals surface area contributed by atoms with Gasteiger partial charge in [0.2, 0.25) is 0 Å². The van der Waals surface area contributed by atoms with Gasteiger partial charge >= 0.3 is 0 Å². The molecule has 1 amide bonds. The van der Waals surface area contributed by atoms with Crippen molar-refractivity contribution in [2.75, 3.05) is 11.6 Å². The molecular formula is C22H27N3O4S2. The molecule has 166 valence electrons. The van der Waals surface area contributed by atoms with Crippen molar-refractivity contribution in [3.8, 4) is 0 Å². The Labute approximate surface area is 187 Å². The number of nitrogens with one attached hydrogen (secondary N) is 1. The quantitative estimate of drug-likeness (QED) is 0.540. The van der Waals surface area contributed by atoms with Crippen molar-refractivity contribution < 1.29 is 17.9 Å². The van der Waals surface area contributed by atoms with Gasteiger partial charge in [0, 0.05) is 24.4 Å². The monoisotopic (exact) mass is 461 g/mol. The first kappa shape index (κ1) is 23.2. The Morgan fingerprint density at radius 2 is 1.90 bits per heavy atom. The van der Waals surface area contributed by atoms with E-state index in [1.165, 1.54) is 17.6 Å². The van der Waals surface area contributed by atoms with Crippen LogP contribution in [0.5, 0.6) is 0 Å². The zero-order chi connectivity index (χ0) is 22.8. The van der Waals surface area contributed by atoms with Gasteiger partial charge in [-0.3, -0.25) is 10.1 Å². The van der Waals surface area contributed by atoms with E-state index in [-0.39, 0.29) is 16.9 Å². The number of benzene rings is 1. The van der Waals surface area contributed by atoms with Crippen molar-refractivity contribution in [1.82, 2.24) is 9.55 Å². The predicted molar refractivity (Wildman–Crippen MR) is 122 cm³/mol. The number of carbonyl (C=O) groups is 1. The number of hydrogen-bond acceptors (Lipinski definition) is 6. The number of carbonyl (C=O) groups excluding carboxylic acids is 1. The van der Waals surface area contributed by atoms with Crippen LogP contribution in [0.25, 0.3) is 0 Å². The van der Waals surface area contributed by atoms with E-state index in [1.54, 1.807) is 36.4 Å². The standard InChI is InChI=1S/C22H27N3O4S2/c1-15(2)29-22(3,4)19-14-30-21(23-19)24-20(26)18-7-6-12-25(18)13-16-8-10-17(11-9-16)31(5,27)28/h6-12,14-15H,13H2,1-5H3,(H,23,24,26). The van der Waals surface area contributed by atoms with Crippen LogP contribution in [-0.2, 0) is 26.7 Å². The Morgan fingerprint density at radius 3 is 2.52 bits per heavy atom. The molecule has 0 spiro atoms. The summed E-state index contributed by atoms with van der Waals surface area (Å²) < 4.78 is 31.0. The van der Waals surface area contributed by atoms with Crippen LogP contribution in [0.1, 0.15) is 49.4 Å². The van der Waals surface area contributed by atoms with E-state index in [0.717, 1.165) is 11.3 Å². The van der Waals surface area contributed by atoms with Gasteiger partial charge in [-0.25, -0.2) is 13.4 Å². The average Bonchev–Trinajstić information content (AvgIpc) is 3.30. The molecule has 3 aromatic rings. The van der Waals surface area contributed by atoms with Crippen LogP contribution in [0.15, 0.2) is 52.9 Å². The highest BCUT2D eigenvalue weighted by molar-refractivity contribution is 7.90. The fourth-order valence-corrected chi connectivity index (χ4v) is 4.71. The van der Waals surface area contributed by atoms with Gasteiger partial charge in [-0.1, -0.05) is 12.1 Å². The van der Waals surface area contributed by atoms with Crippen molar-refractivity contribution in [3.05, 3.63) is 64.9 Å². The largest absolute Gasteiger partial charge is 0.367 e. The molecule has 31 heavy (non-hydrogen) atoms. The van der Waals surface area contributed by atoms with E-state index in [1.807, 2.05) is 43.8 Å². The molecule has 0 saturated carbocycles. The van der Waals surface area contributed by atoms with Crippen LogP contribution < -0.4 is 5.32 Å². The third-order valence-electron chi connectivity index (χ3n) is 4.64. The smallest absolute Gasteiger partial charge is 0.274 e. The van der Waals surface area contributed by atoms with Crippen molar-refractivity contribution in [2.24, 2.45) is 0 Å². The van der Waals surface area contributed by atoms with Crippen LogP contribution >= 0.6 is 11.3 Å². The van der Waals surface area contributed by atoms with E-state index in [0.29, 0.717) is 17.4 Å². The third-order valence-corrected chi connectivity index (χ3v) is 6.52. The highest BCUT2D eigenvalue weighted by Gasteiger charge is 2.26. The van der Waals surface area contributed by atoms with E-state index in [9.17, 15) is 13.2 Å². The summed E-state index contributed by atoms with van der Waals surface area (Å²) in [5.41, 5.74) is 1.60. The SMILES string of the molecule is CC(C)OC(C)(C)c1csc(NC(=O)c2cccn2Cc2ccc(S(C)(=O)=O)cc2)n1. The van der Waals surface area contributed by atoms with Gasteiger partial charge in [0.05, 0.1) is 16.7 Å². The first-order chi connectivity index (χ1) is 14.5. The third kappa shape index (κ3) is 5.81. The van der Waals surface area contributed by atoms with Crippen molar-refractivity contribution >= 4 is 32.2 Å². The summed E-state index contributed by atoms with van der Waals surface area (Å²) in [5.74, 6) is -0.263. The molecule has 1 N–H and O–H groups in total. The molecule has 0 fully saturated rings. The van der Waals surface area contributed by atoms with E-state index >= 15 is 0 Å². The molecule has 0 aliphatic heterocycles. The second-order valence-corrected chi connectivity index (χ2v) is 11.0. The first-order valence-corrected chi connectivity index (χ1v) is 12.6. The maximum absolute atomic E-state index is 12.8. The van der Waals surface area contributed by atoms with Crippen LogP contribution in [0.4, 0.5) is 5.13 Å². The number of rotatable bonds is 8. The van der Waals surface area contributed by atoms with Crippen LogP contribution in [0, 0.1) is 0 Å². The number of aromatic nitrogens is 2. The maximum atomic E-state index is 12.8. The van der Waals surface area contributed by atoms with E-state index in [4.69, 9.17) is 4.74 Å². The van der Waals surface area contributed by atoms with Gasteiger partial charge in [-0.2, -0.15) is 0 Å². The average molecular weight is 462 g/mol. The summed E-state index contributed by atoms with van der Waals surface area (Å²) in [6, 6.07) is 10.2. The normalized spacial score (nSPS) is 12.3. The van der Waals surface area contributed by atoms with Gasteiger partial charge in [0.1, 0.15) is 11.3 Å². The Bertz CT molecular complexity index is 1160.